The van der Waals surface area contributed by atoms with E-state index in [1.165, 1.54) is 11.6 Å². The SMILES string of the molecule is CNC(CCc1cccnc1)Cc1cc(Br)ccc1F. The highest BCUT2D eigenvalue weighted by Gasteiger charge is 2.11. The molecule has 0 fully saturated rings. The van der Waals surface area contributed by atoms with Crippen LogP contribution in [0.3, 0.4) is 0 Å². The molecule has 0 amide bonds. The second-order valence-electron chi connectivity index (χ2n) is 4.83. The molecule has 4 heteroatoms. The summed E-state index contributed by atoms with van der Waals surface area (Å²) in [6.45, 7) is 0. The van der Waals surface area contributed by atoms with Crippen molar-refractivity contribution in [2.45, 2.75) is 25.3 Å². The topological polar surface area (TPSA) is 24.9 Å². The zero-order chi connectivity index (χ0) is 14.4. The fraction of sp³-hybridized carbons (Fsp3) is 0.312. The van der Waals surface area contributed by atoms with Gasteiger partial charge in [0.2, 0.25) is 0 Å². The molecule has 2 nitrogen and oxygen atoms in total. The molecule has 1 unspecified atom stereocenters. The maximum Gasteiger partial charge on any atom is 0.126 e. The fourth-order valence-electron chi connectivity index (χ4n) is 2.20. The van der Waals surface area contributed by atoms with Crippen LogP contribution in [0.2, 0.25) is 0 Å². The van der Waals surface area contributed by atoms with Gasteiger partial charge < -0.3 is 5.32 Å². The minimum Gasteiger partial charge on any atom is -0.317 e. The van der Waals surface area contributed by atoms with Crippen LogP contribution in [0.1, 0.15) is 17.5 Å². The molecule has 106 valence electrons. The highest BCUT2D eigenvalue weighted by molar-refractivity contribution is 9.10. The Labute approximate surface area is 127 Å². The Kier molecular flexibility index (Phi) is 5.68. The number of benzene rings is 1. The molecule has 1 aromatic carbocycles. The summed E-state index contributed by atoms with van der Waals surface area (Å²) in [7, 11) is 1.92. The molecule has 1 atom stereocenters. The summed E-state index contributed by atoms with van der Waals surface area (Å²) in [5.41, 5.74) is 1.95. The summed E-state index contributed by atoms with van der Waals surface area (Å²) in [4.78, 5) is 4.11. The Balaban J connectivity index is 1.97. The third kappa shape index (κ3) is 4.39. The third-order valence-electron chi connectivity index (χ3n) is 3.39. The number of pyridine rings is 1. The van der Waals surface area contributed by atoms with Crippen molar-refractivity contribution in [1.29, 1.82) is 0 Å². The number of aromatic nitrogens is 1. The molecule has 1 N–H and O–H groups in total. The highest BCUT2D eigenvalue weighted by atomic mass is 79.9. The summed E-state index contributed by atoms with van der Waals surface area (Å²) >= 11 is 3.39. The van der Waals surface area contributed by atoms with Gasteiger partial charge in [0.1, 0.15) is 5.82 Å². The van der Waals surface area contributed by atoms with Crippen molar-refractivity contribution in [3.05, 3.63) is 64.1 Å². The predicted molar refractivity (Wildman–Crippen MR) is 83.2 cm³/mol. The molecule has 0 bridgehead atoms. The maximum absolute atomic E-state index is 13.8. The first-order valence-electron chi connectivity index (χ1n) is 6.69. The molecular formula is C16H18BrFN2. The van der Waals surface area contributed by atoms with E-state index >= 15 is 0 Å². The number of nitrogens with one attached hydrogen (secondary N) is 1. The summed E-state index contributed by atoms with van der Waals surface area (Å²) in [5, 5.41) is 3.27. The van der Waals surface area contributed by atoms with Gasteiger partial charge in [-0.3, -0.25) is 4.98 Å². The average Bonchev–Trinajstić information content (AvgIpc) is 2.48. The zero-order valence-corrected chi connectivity index (χ0v) is 13.0. The monoisotopic (exact) mass is 336 g/mol. The summed E-state index contributed by atoms with van der Waals surface area (Å²) in [6, 6.07) is 9.34. The van der Waals surface area contributed by atoms with Gasteiger partial charge in [0, 0.05) is 22.9 Å². The Bertz CT molecular complexity index is 545. The number of likely N-dealkylation sites (N-methyl/N-ethyl adjacent to an activating group) is 1. The summed E-state index contributed by atoms with van der Waals surface area (Å²) in [6.07, 6.45) is 6.23. The van der Waals surface area contributed by atoms with Crippen LogP contribution in [-0.2, 0) is 12.8 Å². The molecule has 20 heavy (non-hydrogen) atoms. The largest absolute Gasteiger partial charge is 0.317 e. The van der Waals surface area contributed by atoms with Gasteiger partial charge in [-0.2, -0.15) is 0 Å². The Hall–Kier alpha value is -1.26. The zero-order valence-electron chi connectivity index (χ0n) is 11.4. The predicted octanol–water partition coefficient (Wildman–Crippen LogP) is 3.75. The first kappa shape index (κ1) is 15.1. The number of hydrogen-bond donors (Lipinski definition) is 1. The number of nitrogens with zero attached hydrogens (tertiary/aromatic N) is 1. The van der Waals surface area contributed by atoms with Crippen molar-refractivity contribution >= 4 is 15.9 Å². The van der Waals surface area contributed by atoms with Crippen LogP contribution in [0, 0.1) is 5.82 Å². The summed E-state index contributed by atoms with van der Waals surface area (Å²) in [5.74, 6) is -0.144. The molecule has 1 aromatic heterocycles. The molecule has 2 rings (SSSR count). The number of halogens is 2. The lowest BCUT2D eigenvalue weighted by atomic mass is 9.99. The van der Waals surface area contributed by atoms with E-state index in [1.54, 1.807) is 12.3 Å². The van der Waals surface area contributed by atoms with Crippen molar-refractivity contribution in [3.8, 4) is 0 Å². The molecule has 0 aliphatic rings. The highest BCUT2D eigenvalue weighted by Crippen LogP contribution is 2.18. The van der Waals surface area contributed by atoms with Crippen LogP contribution in [0.25, 0.3) is 0 Å². The van der Waals surface area contributed by atoms with E-state index in [4.69, 9.17) is 0 Å². The Morgan fingerprint density at radius 2 is 2.20 bits per heavy atom. The minimum atomic E-state index is -0.144. The lowest BCUT2D eigenvalue weighted by molar-refractivity contribution is 0.504. The van der Waals surface area contributed by atoms with E-state index in [0.29, 0.717) is 6.42 Å². The second kappa shape index (κ2) is 7.50. The van der Waals surface area contributed by atoms with Crippen LogP contribution >= 0.6 is 15.9 Å². The van der Waals surface area contributed by atoms with Crippen LogP contribution < -0.4 is 5.32 Å². The smallest absolute Gasteiger partial charge is 0.126 e. The molecule has 0 radical (unpaired) electrons. The van der Waals surface area contributed by atoms with E-state index < -0.39 is 0 Å². The number of rotatable bonds is 6. The molecule has 0 saturated heterocycles. The van der Waals surface area contributed by atoms with E-state index in [0.717, 1.165) is 22.9 Å². The van der Waals surface area contributed by atoms with E-state index in [2.05, 4.69) is 32.3 Å². The van der Waals surface area contributed by atoms with E-state index in [9.17, 15) is 4.39 Å². The van der Waals surface area contributed by atoms with Crippen molar-refractivity contribution in [2.24, 2.45) is 0 Å². The third-order valence-corrected chi connectivity index (χ3v) is 3.88. The lowest BCUT2D eigenvalue weighted by Crippen LogP contribution is -2.28. The normalized spacial score (nSPS) is 12.3. The minimum absolute atomic E-state index is 0.144. The standard InChI is InChI=1S/C16H18BrFN2/c1-19-15(6-4-12-3-2-8-20-11-12)10-13-9-14(17)5-7-16(13)18/h2-3,5,7-9,11,15,19H,4,6,10H2,1H3. The molecule has 1 heterocycles. The molecule has 0 aliphatic carbocycles. The molecule has 0 spiro atoms. The fourth-order valence-corrected chi connectivity index (χ4v) is 2.61. The number of hydrogen-bond acceptors (Lipinski definition) is 2. The second-order valence-corrected chi connectivity index (χ2v) is 5.74. The van der Waals surface area contributed by atoms with Crippen molar-refractivity contribution < 1.29 is 4.39 Å². The van der Waals surface area contributed by atoms with Gasteiger partial charge in [0.05, 0.1) is 0 Å². The van der Waals surface area contributed by atoms with Gasteiger partial charge in [0.25, 0.3) is 0 Å². The molecule has 0 saturated carbocycles. The average molecular weight is 337 g/mol. The lowest BCUT2D eigenvalue weighted by Gasteiger charge is -2.16. The van der Waals surface area contributed by atoms with Crippen molar-refractivity contribution in [2.75, 3.05) is 7.05 Å². The Morgan fingerprint density at radius 3 is 2.90 bits per heavy atom. The van der Waals surface area contributed by atoms with Gasteiger partial charge in [-0.05, 0) is 61.7 Å². The van der Waals surface area contributed by atoms with Gasteiger partial charge in [-0.25, -0.2) is 4.39 Å². The van der Waals surface area contributed by atoms with Gasteiger partial charge >= 0.3 is 0 Å². The molecule has 0 aliphatic heterocycles. The first-order chi connectivity index (χ1) is 9.69. The molecule has 2 aromatic rings. The maximum atomic E-state index is 13.8. The van der Waals surface area contributed by atoms with Crippen LogP contribution in [0.15, 0.2) is 47.2 Å². The van der Waals surface area contributed by atoms with Gasteiger partial charge in [-0.1, -0.05) is 22.0 Å². The van der Waals surface area contributed by atoms with E-state index in [1.807, 2.05) is 25.4 Å². The molecular weight excluding hydrogens is 319 g/mol. The van der Waals surface area contributed by atoms with Gasteiger partial charge in [-0.15, -0.1) is 0 Å². The summed E-state index contributed by atoms with van der Waals surface area (Å²) < 4.78 is 14.7. The van der Waals surface area contributed by atoms with Crippen LogP contribution in [0.5, 0.6) is 0 Å². The quantitative estimate of drug-likeness (QED) is 0.868. The van der Waals surface area contributed by atoms with Crippen molar-refractivity contribution in [3.63, 3.8) is 0 Å². The van der Waals surface area contributed by atoms with Crippen LogP contribution in [-0.4, -0.2) is 18.1 Å². The number of aryl methyl sites for hydroxylation is 1. The van der Waals surface area contributed by atoms with E-state index in [-0.39, 0.29) is 11.9 Å². The van der Waals surface area contributed by atoms with Crippen molar-refractivity contribution in [1.82, 2.24) is 10.3 Å². The van der Waals surface area contributed by atoms with Crippen LogP contribution in [0.4, 0.5) is 4.39 Å². The van der Waals surface area contributed by atoms with Gasteiger partial charge in [0.15, 0.2) is 0 Å². The first-order valence-corrected chi connectivity index (χ1v) is 7.48. The Morgan fingerprint density at radius 1 is 1.35 bits per heavy atom.